The maximum atomic E-state index is 12.6. The Kier molecular flexibility index (Phi) is 6.60. The maximum Gasteiger partial charge on any atom is 0.328 e. The van der Waals surface area contributed by atoms with Crippen LogP contribution in [0, 0.1) is 0 Å². The second-order valence-electron chi connectivity index (χ2n) is 5.76. The Morgan fingerprint density at radius 3 is 2.70 bits per heavy atom. The van der Waals surface area contributed by atoms with Gasteiger partial charge in [0.2, 0.25) is 11.7 Å². The number of rotatable bonds is 8. The van der Waals surface area contributed by atoms with Crippen molar-refractivity contribution in [3.05, 3.63) is 58.3 Å². The number of halogens is 1. The van der Waals surface area contributed by atoms with Gasteiger partial charge in [-0.05, 0) is 42.6 Å². The predicted octanol–water partition coefficient (Wildman–Crippen LogP) is 4.58. The molecule has 0 amide bonds. The van der Waals surface area contributed by atoms with Crippen molar-refractivity contribution in [2.75, 3.05) is 13.2 Å². The SMILES string of the molecule is CCOC(=O)[C@@H](c1ccc(Cl)cc1)N(CC)Cc1nc(-c2cccs2)no1. The number of ether oxygens (including phenoxy) is 1. The van der Waals surface area contributed by atoms with E-state index in [2.05, 4.69) is 10.1 Å². The summed E-state index contributed by atoms with van der Waals surface area (Å²) in [6.07, 6.45) is 0. The van der Waals surface area contributed by atoms with Crippen LogP contribution in [0.3, 0.4) is 0 Å². The molecule has 0 aliphatic rings. The van der Waals surface area contributed by atoms with Gasteiger partial charge in [0, 0.05) is 5.02 Å². The summed E-state index contributed by atoms with van der Waals surface area (Å²) in [4.78, 5) is 20.0. The van der Waals surface area contributed by atoms with Gasteiger partial charge < -0.3 is 9.26 Å². The smallest absolute Gasteiger partial charge is 0.328 e. The predicted molar refractivity (Wildman–Crippen MR) is 105 cm³/mol. The minimum absolute atomic E-state index is 0.309. The maximum absolute atomic E-state index is 12.6. The van der Waals surface area contributed by atoms with Crippen LogP contribution in [0.15, 0.2) is 46.3 Å². The first-order valence-corrected chi connectivity index (χ1v) is 9.90. The molecule has 27 heavy (non-hydrogen) atoms. The molecule has 0 spiro atoms. The third-order valence-corrected chi connectivity index (χ3v) is 5.13. The molecule has 0 N–H and O–H groups in total. The number of nitrogens with zero attached hydrogens (tertiary/aromatic N) is 3. The van der Waals surface area contributed by atoms with Gasteiger partial charge in [0.25, 0.3) is 0 Å². The van der Waals surface area contributed by atoms with Gasteiger partial charge in [-0.1, -0.05) is 41.9 Å². The lowest BCUT2D eigenvalue weighted by Crippen LogP contribution is -2.35. The summed E-state index contributed by atoms with van der Waals surface area (Å²) in [5, 5.41) is 6.61. The van der Waals surface area contributed by atoms with Crippen LogP contribution in [0.5, 0.6) is 0 Å². The zero-order valence-corrected chi connectivity index (χ0v) is 16.7. The molecule has 0 unspecified atom stereocenters. The number of thiophene rings is 1. The highest BCUT2D eigenvalue weighted by Gasteiger charge is 2.29. The number of aromatic nitrogens is 2. The monoisotopic (exact) mass is 405 g/mol. The number of carbonyl (C=O) groups excluding carboxylic acids is 1. The Labute approximate surface area is 166 Å². The van der Waals surface area contributed by atoms with Gasteiger partial charge in [-0.25, -0.2) is 4.79 Å². The molecule has 8 heteroatoms. The van der Waals surface area contributed by atoms with Crippen LogP contribution in [0.1, 0.15) is 31.3 Å². The van der Waals surface area contributed by atoms with E-state index in [0.29, 0.717) is 36.4 Å². The highest BCUT2D eigenvalue weighted by Crippen LogP contribution is 2.27. The van der Waals surface area contributed by atoms with Gasteiger partial charge in [0.05, 0.1) is 18.0 Å². The van der Waals surface area contributed by atoms with E-state index >= 15 is 0 Å². The zero-order valence-electron chi connectivity index (χ0n) is 15.1. The summed E-state index contributed by atoms with van der Waals surface area (Å²) in [7, 11) is 0. The molecule has 142 valence electrons. The van der Waals surface area contributed by atoms with Crippen LogP contribution in [-0.2, 0) is 16.1 Å². The van der Waals surface area contributed by atoms with Crippen molar-refractivity contribution in [1.82, 2.24) is 15.0 Å². The second-order valence-corrected chi connectivity index (χ2v) is 7.14. The first-order valence-electron chi connectivity index (χ1n) is 8.65. The van der Waals surface area contributed by atoms with Crippen molar-refractivity contribution in [1.29, 1.82) is 0 Å². The van der Waals surface area contributed by atoms with E-state index in [9.17, 15) is 4.79 Å². The van der Waals surface area contributed by atoms with Crippen LogP contribution in [-0.4, -0.2) is 34.2 Å². The molecular formula is C19H20ClN3O3S. The lowest BCUT2D eigenvalue weighted by molar-refractivity contribution is -0.150. The number of hydrogen-bond donors (Lipinski definition) is 0. The molecule has 3 rings (SSSR count). The van der Waals surface area contributed by atoms with E-state index < -0.39 is 6.04 Å². The molecule has 0 aliphatic heterocycles. The summed E-state index contributed by atoms with van der Waals surface area (Å²) < 4.78 is 10.7. The van der Waals surface area contributed by atoms with Crippen molar-refractivity contribution >= 4 is 28.9 Å². The third kappa shape index (κ3) is 4.74. The molecule has 0 saturated heterocycles. The van der Waals surface area contributed by atoms with Crippen molar-refractivity contribution in [2.24, 2.45) is 0 Å². The lowest BCUT2D eigenvalue weighted by atomic mass is 10.1. The number of carbonyl (C=O) groups is 1. The number of benzene rings is 1. The summed E-state index contributed by atoms with van der Waals surface area (Å²) in [6, 6.07) is 10.5. The average molecular weight is 406 g/mol. The molecule has 0 aliphatic carbocycles. The highest BCUT2D eigenvalue weighted by molar-refractivity contribution is 7.13. The lowest BCUT2D eigenvalue weighted by Gasteiger charge is -2.28. The summed E-state index contributed by atoms with van der Waals surface area (Å²) in [6.45, 7) is 5.00. The number of likely N-dealkylation sites (N-methyl/N-ethyl adjacent to an activating group) is 1. The molecule has 1 atom stereocenters. The molecule has 3 aromatic rings. The molecule has 1 aromatic carbocycles. The molecule has 2 heterocycles. The van der Waals surface area contributed by atoms with Crippen LogP contribution >= 0.6 is 22.9 Å². The molecule has 2 aromatic heterocycles. The van der Waals surface area contributed by atoms with E-state index in [1.165, 1.54) is 0 Å². The minimum Gasteiger partial charge on any atom is -0.465 e. The van der Waals surface area contributed by atoms with Gasteiger partial charge in [0.15, 0.2) is 0 Å². The fourth-order valence-electron chi connectivity index (χ4n) is 2.75. The third-order valence-electron chi connectivity index (χ3n) is 4.01. The first kappa shape index (κ1) is 19.5. The fourth-order valence-corrected chi connectivity index (χ4v) is 3.52. The molecule has 0 radical (unpaired) electrons. The van der Waals surface area contributed by atoms with Crippen molar-refractivity contribution in [3.63, 3.8) is 0 Å². The van der Waals surface area contributed by atoms with Gasteiger partial charge in [-0.3, -0.25) is 4.90 Å². The fraction of sp³-hybridized carbons (Fsp3) is 0.316. The van der Waals surface area contributed by atoms with E-state index in [0.717, 1.165) is 10.4 Å². The van der Waals surface area contributed by atoms with Gasteiger partial charge in [0.1, 0.15) is 6.04 Å². The standard InChI is InChI=1S/C19H20ClN3O3S/c1-3-23(12-16-21-18(22-26-16)15-6-5-11-27-15)17(19(24)25-4-2)13-7-9-14(20)10-8-13/h5-11,17H,3-4,12H2,1-2H3/t17-/m1/s1. The molecular weight excluding hydrogens is 386 g/mol. The van der Waals surface area contributed by atoms with Crippen molar-refractivity contribution in [2.45, 2.75) is 26.4 Å². The van der Waals surface area contributed by atoms with E-state index in [1.54, 1.807) is 30.4 Å². The van der Waals surface area contributed by atoms with E-state index in [4.69, 9.17) is 20.9 Å². The molecule has 0 fully saturated rings. The second kappa shape index (κ2) is 9.12. The average Bonchev–Trinajstić information content (AvgIpc) is 3.34. The Bertz CT molecular complexity index is 865. The van der Waals surface area contributed by atoms with Gasteiger partial charge in [-0.2, -0.15) is 4.98 Å². The van der Waals surface area contributed by atoms with Gasteiger partial charge >= 0.3 is 5.97 Å². The highest BCUT2D eigenvalue weighted by atomic mass is 35.5. The summed E-state index contributed by atoms with van der Waals surface area (Å²) in [5.74, 6) is 0.679. The van der Waals surface area contributed by atoms with Gasteiger partial charge in [-0.15, -0.1) is 11.3 Å². The number of esters is 1. The van der Waals surface area contributed by atoms with Crippen LogP contribution in [0.2, 0.25) is 5.02 Å². The Morgan fingerprint density at radius 2 is 2.07 bits per heavy atom. The quantitative estimate of drug-likeness (QED) is 0.511. The van der Waals surface area contributed by atoms with Crippen LogP contribution in [0.4, 0.5) is 0 Å². The Hall–Kier alpha value is -2.22. The van der Waals surface area contributed by atoms with E-state index in [-0.39, 0.29) is 5.97 Å². The van der Waals surface area contributed by atoms with Crippen LogP contribution < -0.4 is 0 Å². The normalized spacial score (nSPS) is 12.3. The largest absolute Gasteiger partial charge is 0.465 e. The van der Waals surface area contributed by atoms with Crippen molar-refractivity contribution < 1.29 is 14.1 Å². The molecule has 0 bridgehead atoms. The summed E-state index contributed by atoms with van der Waals surface area (Å²) >= 11 is 7.53. The minimum atomic E-state index is -0.579. The van der Waals surface area contributed by atoms with E-state index in [1.807, 2.05) is 41.5 Å². The van der Waals surface area contributed by atoms with Crippen LogP contribution in [0.25, 0.3) is 10.7 Å². The first-order chi connectivity index (χ1) is 13.1. The topological polar surface area (TPSA) is 68.5 Å². The molecule has 6 nitrogen and oxygen atoms in total. The number of hydrogen-bond acceptors (Lipinski definition) is 7. The molecule has 0 saturated carbocycles. The Morgan fingerprint density at radius 1 is 1.30 bits per heavy atom. The zero-order chi connectivity index (χ0) is 19.2. The Balaban J connectivity index is 1.85. The summed E-state index contributed by atoms with van der Waals surface area (Å²) in [5.41, 5.74) is 0.803. The van der Waals surface area contributed by atoms with Crippen molar-refractivity contribution in [3.8, 4) is 10.7 Å².